The summed E-state index contributed by atoms with van der Waals surface area (Å²) in [4.78, 5) is 0. The SMILES string of the molecule is CC1CSCC1NCC1CC=CCC1. The first-order valence-electron chi connectivity index (χ1n) is 5.82. The Balaban J connectivity index is 1.68. The van der Waals surface area contributed by atoms with E-state index in [2.05, 4.69) is 36.2 Å². The molecule has 1 heterocycles. The average molecular weight is 211 g/mol. The zero-order valence-corrected chi connectivity index (χ0v) is 9.85. The molecule has 0 aromatic carbocycles. The summed E-state index contributed by atoms with van der Waals surface area (Å²) in [5, 5.41) is 3.75. The molecule has 0 bridgehead atoms. The van der Waals surface area contributed by atoms with Crippen molar-refractivity contribution in [3.05, 3.63) is 12.2 Å². The highest BCUT2D eigenvalue weighted by atomic mass is 32.2. The molecule has 0 amide bonds. The maximum Gasteiger partial charge on any atom is 0.0191 e. The quantitative estimate of drug-likeness (QED) is 0.720. The molecule has 0 aromatic heterocycles. The molecule has 14 heavy (non-hydrogen) atoms. The van der Waals surface area contributed by atoms with E-state index in [4.69, 9.17) is 0 Å². The van der Waals surface area contributed by atoms with E-state index < -0.39 is 0 Å². The van der Waals surface area contributed by atoms with Crippen LogP contribution >= 0.6 is 11.8 Å². The smallest absolute Gasteiger partial charge is 0.0191 e. The zero-order chi connectivity index (χ0) is 9.80. The van der Waals surface area contributed by atoms with Gasteiger partial charge in [-0.1, -0.05) is 19.1 Å². The molecule has 0 aromatic rings. The third-order valence-corrected chi connectivity index (χ3v) is 4.77. The summed E-state index contributed by atoms with van der Waals surface area (Å²) in [5.74, 6) is 4.45. The highest BCUT2D eigenvalue weighted by molar-refractivity contribution is 7.99. The standard InChI is InChI=1S/C12H21NS/c1-10-8-14-9-12(10)13-7-11-5-3-2-4-6-11/h2-3,10-13H,4-9H2,1H3. The van der Waals surface area contributed by atoms with E-state index in [0.29, 0.717) is 0 Å². The van der Waals surface area contributed by atoms with Crippen molar-refractivity contribution >= 4 is 11.8 Å². The van der Waals surface area contributed by atoms with Crippen molar-refractivity contribution in [2.45, 2.75) is 32.2 Å². The van der Waals surface area contributed by atoms with E-state index in [1.54, 1.807) is 0 Å². The third kappa shape index (κ3) is 2.77. The van der Waals surface area contributed by atoms with Gasteiger partial charge in [0, 0.05) is 11.8 Å². The Morgan fingerprint density at radius 1 is 1.36 bits per heavy atom. The molecule has 1 nitrogen and oxygen atoms in total. The fourth-order valence-electron chi connectivity index (χ4n) is 2.28. The molecular formula is C12H21NS. The van der Waals surface area contributed by atoms with Crippen LogP contribution in [0.5, 0.6) is 0 Å². The number of hydrogen-bond acceptors (Lipinski definition) is 2. The van der Waals surface area contributed by atoms with Gasteiger partial charge in [-0.2, -0.15) is 11.8 Å². The molecule has 1 fully saturated rings. The summed E-state index contributed by atoms with van der Waals surface area (Å²) < 4.78 is 0. The van der Waals surface area contributed by atoms with E-state index in [0.717, 1.165) is 17.9 Å². The molecule has 3 unspecified atom stereocenters. The van der Waals surface area contributed by atoms with Gasteiger partial charge in [-0.25, -0.2) is 0 Å². The molecule has 0 spiro atoms. The van der Waals surface area contributed by atoms with Gasteiger partial charge in [-0.3, -0.25) is 0 Å². The van der Waals surface area contributed by atoms with Crippen molar-refractivity contribution in [2.24, 2.45) is 11.8 Å². The average Bonchev–Trinajstić information content (AvgIpc) is 2.63. The molecule has 2 rings (SSSR count). The van der Waals surface area contributed by atoms with E-state index in [9.17, 15) is 0 Å². The van der Waals surface area contributed by atoms with Gasteiger partial charge in [-0.05, 0) is 43.4 Å². The minimum atomic E-state index is 0.783. The molecule has 3 atom stereocenters. The van der Waals surface area contributed by atoms with Crippen LogP contribution in [0.4, 0.5) is 0 Å². The second kappa shape index (κ2) is 5.22. The maximum atomic E-state index is 3.75. The Kier molecular flexibility index (Phi) is 3.94. The minimum Gasteiger partial charge on any atom is -0.313 e. The second-order valence-corrected chi connectivity index (χ2v) is 5.75. The Morgan fingerprint density at radius 2 is 2.29 bits per heavy atom. The lowest BCUT2D eigenvalue weighted by Crippen LogP contribution is -2.37. The van der Waals surface area contributed by atoms with Crippen molar-refractivity contribution in [3.8, 4) is 0 Å². The molecule has 1 aliphatic carbocycles. The Bertz CT molecular complexity index is 202. The molecule has 1 N–H and O–H groups in total. The fourth-order valence-corrected chi connectivity index (χ4v) is 3.72. The van der Waals surface area contributed by atoms with Gasteiger partial charge in [0.05, 0.1) is 0 Å². The van der Waals surface area contributed by atoms with Gasteiger partial charge in [-0.15, -0.1) is 0 Å². The number of allylic oxidation sites excluding steroid dienone is 2. The van der Waals surface area contributed by atoms with E-state index in [1.165, 1.54) is 37.3 Å². The van der Waals surface area contributed by atoms with Crippen molar-refractivity contribution in [3.63, 3.8) is 0 Å². The van der Waals surface area contributed by atoms with Crippen molar-refractivity contribution in [2.75, 3.05) is 18.1 Å². The Labute approximate surface area is 91.7 Å². The minimum absolute atomic E-state index is 0.783. The third-order valence-electron chi connectivity index (χ3n) is 3.41. The number of hydrogen-bond donors (Lipinski definition) is 1. The summed E-state index contributed by atoms with van der Waals surface area (Å²) in [6, 6.07) is 0.783. The largest absolute Gasteiger partial charge is 0.313 e. The van der Waals surface area contributed by atoms with Crippen LogP contribution in [0.25, 0.3) is 0 Å². The van der Waals surface area contributed by atoms with E-state index in [1.807, 2.05) is 0 Å². The molecule has 0 radical (unpaired) electrons. The van der Waals surface area contributed by atoms with Crippen molar-refractivity contribution < 1.29 is 0 Å². The second-order valence-electron chi connectivity index (χ2n) is 4.68. The van der Waals surface area contributed by atoms with Crippen LogP contribution in [-0.2, 0) is 0 Å². The lowest BCUT2D eigenvalue weighted by atomic mass is 9.94. The van der Waals surface area contributed by atoms with Crippen LogP contribution in [0.3, 0.4) is 0 Å². The topological polar surface area (TPSA) is 12.0 Å². The summed E-state index contributed by atoms with van der Waals surface area (Å²) in [7, 11) is 0. The first-order chi connectivity index (χ1) is 6.86. The monoisotopic (exact) mass is 211 g/mol. The number of thioether (sulfide) groups is 1. The first kappa shape index (κ1) is 10.6. The normalized spacial score (nSPS) is 37.6. The number of nitrogens with one attached hydrogen (secondary N) is 1. The van der Waals surface area contributed by atoms with Crippen LogP contribution < -0.4 is 5.32 Å². The Hall–Kier alpha value is 0.0500. The van der Waals surface area contributed by atoms with Gasteiger partial charge in [0.1, 0.15) is 0 Å². The summed E-state index contributed by atoms with van der Waals surface area (Å²) in [5.41, 5.74) is 0. The zero-order valence-electron chi connectivity index (χ0n) is 9.04. The first-order valence-corrected chi connectivity index (χ1v) is 6.98. The predicted molar refractivity (Wildman–Crippen MR) is 64.8 cm³/mol. The van der Waals surface area contributed by atoms with Gasteiger partial charge in [0.15, 0.2) is 0 Å². The van der Waals surface area contributed by atoms with Crippen LogP contribution in [-0.4, -0.2) is 24.1 Å². The van der Waals surface area contributed by atoms with Gasteiger partial charge >= 0.3 is 0 Å². The highest BCUT2D eigenvalue weighted by Gasteiger charge is 2.24. The summed E-state index contributed by atoms with van der Waals surface area (Å²) >= 11 is 2.10. The van der Waals surface area contributed by atoms with Crippen LogP contribution in [0.2, 0.25) is 0 Å². The van der Waals surface area contributed by atoms with Crippen LogP contribution in [0, 0.1) is 11.8 Å². The van der Waals surface area contributed by atoms with Crippen LogP contribution in [0.15, 0.2) is 12.2 Å². The summed E-state index contributed by atoms with van der Waals surface area (Å²) in [6.07, 6.45) is 8.65. The Morgan fingerprint density at radius 3 is 2.93 bits per heavy atom. The molecular weight excluding hydrogens is 190 g/mol. The van der Waals surface area contributed by atoms with E-state index >= 15 is 0 Å². The number of rotatable bonds is 3. The molecule has 2 aliphatic rings. The molecule has 0 saturated carbocycles. The van der Waals surface area contributed by atoms with Gasteiger partial charge < -0.3 is 5.32 Å². The molecule has 2 heteroatoms. The molecule has 1 saturated heterocycles. The fraction of sp³-hybridized carbons (Fsp3) is 0.833. The summed E-state index contributed by atoms with van der Waals surface area (Å²) in [6.45, 7) is 3.61. The van der Waals surface area contributed by atoms with Gasteiger partial charge in [0.2, 0.25) is 0 Å². The predicted octanol–water partition coefficient (Wildman–Crippen LogP) is 2.68. The van der Waals surface area contributed by atoms with Gasteiger partial charge in [0.25, 0.3) is 0 Å². The van der Waals surface area contributed by atoms with Crippen molar-refractivity contribution in [1.82, 2.24) is 5.32 Å². The van der Waals surface area contributed by atoms with E-state index in [-0.39, 0.29) is 0 Å². The lowest BCUT2D eigenvalue weighted by Gasteiger charge is -2.22. The lowest BCUT2D eigenvalue weighted by molar-refractivity contribution is 0.380. The molecule has 1 aliphatic heterocycles. The van der Waals surface area contributed by atoms with Crippen LogP contribution in [0.1, 0.15) is 26.2 Å². The maximum absolute atomic E-state index is 3.75. The highest BCUT2D eigenvalue weighted by Crippen LogP contribution is 2.24. The molecule has 80 valence electrons. The van der Waals surface area contributed by atoms with Crippen molar-refractivity contribution in [1.29, 1.82) is 0 Å².